The molecule has 9 heteroatoms. The lowest BCUT2D eigenvalue weighted by Crippen LogP contribution is -2.17. The highest BCUT2D eigenvalue weighted by Gasteiger charge is 2.12. The molecule has 0 atom stereocenters. The van der Waals surface area contributed by atoms with Crippen LogP contribution in [0.2, 0.25) is 0 Å². The van der Waals surface area contributed by atoms with Crippen LogP contribution in [-0.2, 0) is 0 Å². The standard InChI is InChI=1S/C18H13BrN4O4/c1-11-6-14(23(25)26)2-4-16(11)17-5-3-15(27-17)10-21-22-18(24)12-7-13(19)9-20-8-12/h2-10H,1H3,(H,22,24)/b21-10+. The number of aryl methyl sites for hydroxylation is 1. The third kappa shape index (κ3) is 4.45. The molecule has 2 heterocycles. The molecule has 0 spiro atoms. The average Bonchev–Trinajstić information content (AvgIpc) is 3.10. The van der Waals surface area contributed by atoms with E-state index in [2.05, 4.69) is 31.4 Å². The monoisotopic (exact) mass is 428 g/mol. The van der Waals surface area contributed by atoms with Gasteiger partial charge in [-0.05, 0) is 52.7 Å². The maximum absolute atomic E-state index is 12.0. The van der Waals surface area contributed by atoms with Crippen molar-refractivity contribution < 1.29 is 14.1 Å². The minimum Gasteiger partial charge on any atom is -0.455 e. The van der Waals surface area contributed by atoms with E-state index >= 15 is 0 Å². The summed E-state index contributed by atoms with van der Waals surface area (Å²) in [6, 6.07) is 9.58. The second-order valence-corrected chi connectivity index (χ2v) is 6.46. The Kier molecular flexibility index (Phi) is 5.41. The van der Waals surface area contributed by atoms with Gasteiger partial charge in [0.25, 0.3) is 11.6 Å². The van der Waals surface area contributed by atoms with Gasteiger partial charge in [0.05, 0.1) is 16.7 Å². The van der Waals surface area contributed by atoms with Gasteiger partial charge in [-0.2, -0.15) is 5.10 Å². The van der Waals surface area contributed by atoms with Gasteiger partial charge < -0.3 is 4.42 Å². The normalized spacial score (nSPS) is 10.9. The predicted molar refractivity (Wildman–Crippen MR) is 103 cm³/mol. The number of furan rings is 1. The zero-order valence-electron chi connectivity index (χ0n) is 14.0. The highest BCUT2D eigenvalue weighted by atomic mass is 79.9. The molecule has 0 bridgehead atoms. The molecule has 136 valence electrons. The number of nitrogens with zero attached hydrogens (tertiary/aromatic N) is 3. The van der Waals surface area contributed by atoms with Crippen molar-refractivity contribution in [2.24, 2.45) is 5.10 Å². The van der Waals surface area contributed by atoms with E-state index in [0.29, 0.717) is 21.6 Å². The van der Waals surface area contributed by atoms with Crippen molar-refractivity contribution in [2.45, 2.75) is 6.92 Å². The summed E-state index contributed by atoms with van der Waals surface area (Å²) < 4.78 is 6.36. The number of non-ortho nitro benzene ring substituents is 1. The van der Waals surface area contributed by atoms with Crippen molar-refractivity contribution in [3.05, 3.63) is 80.3 Å². The van der Waals surface area contributed by atoms with Gasteiger partial charge in [0.15, 0.2) is 0 Å². The van der Waals surface area contributed by atoms with Gasteiger partial charge in [0.1, 0.15) is 11.5 Å². The van der Waals surface area contributed by atoms with Crippen LogP contribution in [0.25, 0.3) is 11.3 Å². The van der Waals surface area contributed by atoms with Crippen LogP contribution in [0, 0.1) is 17.0 Å². The zero-order chi connectivity index (χ0) is 19.4. The van der Waals surface area contributed by atoms with E-state index in [1.807, 2.05) is 0 Å². The second kappa shape index (κ2) is 7.92. The minimum absolute atomic E-state index is 0.0225. The first-order chi connectivity index (χ1) is 12.9. The summed E-state index contributed by atoms with van der Waals surface area (Å²) in [5.74, 6) is 0.569. The van der Waals surface area contributed by atoms with Gasteiger partial charge in [0, 0.05) is 34.6 Å². The smallest absolute Gasteiger partial charge is 0.272 e. The molecule has 0 saturated carbocycles. The number of carbonyl (C=O) groups is 1. The van der Waals surface area contributed by atoms with Crippen molar-refractivity contribution in [3.63, 3.8) is 0 Å². The van der Waals surface area contributed by atoms with Gasteiger partial charge in [0.2, 0.25) is 0 Å². The predicted octanol–water partition coefficient (Wildman–Crippen LogP) is 4.08. The van der Waals surface area contributed by atoms with Gasteiger partial charge in [-0.15, -0.1) is 0 Å². The van der Waals surface area contributed by atoms with E-state index in [9.17, 15) is 14.9 Å². The van der Waals surface area contributed by atoms with E-state index in [-0.39, 0.29) is 5.69 Å². The van der Waals surface area contributed by atoms with E-state index in [1.165, 1.54) is 24.5 Å². The van der Waals surface area contributed by atoms with Gasteiger partial charge in [-0.1, -0.05) is 0 Å². The molecular formula is C18H13BrN4O4. The highest BCUT2D eigenvalue weighted by molar-refractivity contribution is 9.10. The van der Waals surface area contributed by atoms with E-state index < -0.39 is 10.8 Å². The van der Waals surface area contributed by atoms with Gasteiger partial charge in [-0.25, -0.2) is 5.43 Å². The summed E-state index contributed by atoms with van der Waals surface area (Å²) in [6.07, 6.45) is 4.37. The van der Waals surface area contributed by atoms with Crippen LogP contribution < -0.4 is 5.43 Å². The number of hydrazone groups is 1. The molecular weight excluding hydrogens is 416 g/mol. The Morgan fingerprint density at radius 3 is 2.81 bits per heavy atom. The molecule has 3 aromatic rings. The summed E-state index contributed by atoms with van der Waals surface area (Å²) in [6.45, 7) is 1.77. The molecule has 0 unspecified atom stereocenters. The molecule has 1 N–H and O–H groups in total. The number of carbonyl (C=O) groups excluding carboxylic acids is 1. The first-order valence-corrected chi connectivity index (χ1v) is 8.52. The number of pyridine rings is 1. The van der Waals surface area contributed by atoms with Gasteiger partial charge >= 0.3 is 0 Å². The van der Waals surface area contributed by atoms with E-state index in [1.54, 1.807) is 37.4 Å². The molecule has 1 aromatic carbocycles. The second-order valence-electron chi connectivity index (χ2n) is 5.55. The number of nitro benzene ring substituents is 1. The number of hydrogen-bond donors (Lipinski definition) is 1. The van der Waals surface area contributed by atoms with Crippen molar-refractivity contribution in [1.82, 2.24) is 10.4 Å². The van der Waals surface area contributed by atoms with Crippen LogP contribution in [-0.4, -0.2) is 22.0 Å². The number of hydrogen-bond acceptors (Lipinski definition) is 6. The summed E-state index contributed by atoms with van der Waals surface area (Å²) in [4.78, 5) is 26.3. The fourth-order valence-corrected chi connectivity index (χ4v) is 2.72. The molecule has 0 aliphatic rings. The molecule has 27 heavy (non-hydrogen) atoms. The number of rotatable bonds is 5. The summed E-state index contributed by atoms with van der Waals surface area (Å²) in [7, 11) is 0. The number of aromatic nitrogens is 1. The zero-order valence-corrected chi connectivity index (χ0v) is 15.6. The highest BCUT2D eigenvalue weighted by Crippen LogP contribution is 2.28. The Balaban J connectivity index is 1.70. The number of amides is 1. The molecule has 1 amide bonds. The van der Waals surface area contributed by atoms with Crippen LogP contribution in [0.4, 0.5) is 5.69 Å². The lowest BCUT2D eigenvalue weighted by atomic mass is 10.1. The largest absolute Gasteiger partial charge is 0.455 e. The van der Waals surface area contributed by atoms with Crippen molar-refractivity contribution in [1.29, 1.82) is 0 Å². The lowest BCUT2D eigenvalue weighted by Gasteiger charge is -2.02. The Morgan fingerprint density at radius 2 is 2.11 bits per heavy atom. The molecule has 0 aliphatic heterocycles. The molecule has 0 saturated heterocycles. The summed E-state index contributed by atoms with van der Waals surface area (Å²) >= 11 is 3.25. The molecule has 0 aliphatic carbocycles. The summed E-state index contributed by atoms with van der Waals surface area (Å²) in [5.41, 5.74) is 4.24. The average molecular weight is 429 g/mol. The Labute approximate surface area is 162 Å². The first-order valence-electron chi connectivity index (χ1n) is 7.73. The third-order valence-electron chi connectivity index (χ3n) is 3.64. The van der Waals surface area contributed by atoms with E-state index in [0.717, 1.165) is 11.1 Å². The van der Waals surface area contributed by atoms with E-state index in [4.69, 9.17) is 4.42 Å². The lowest BCUT2D eigenvalue weighted by molar-refractivity contribution is -0.384. The van der Waals surface area contributed by atoms with Crippen molar-refractivity contribution >= 4 is 33.7 Å². The van der Waals surface area contributed by atoms with Crippen molar-refractivity contribution in [2.75, 3.05) is 0 Å². The topological polar surface area (TPSA) is 111 Å². The molecule has 0 fully saturated rings. The molecule has 8 nitrogen and oxygen atoms in total. The Bertz CT molecular complexity index is 1050. The maximum Gasteiger partial charge on any atom is 0.272 e. The van der Waals surface area contributed by atoms with Gasteiger partial charge in [-0.3, -0.25) is 19.9 Å². The van der Waals surface area contributed by atoms with Crippen LogP contribution >= 0.6 is 15.9 Å². The minimum atomic E-state index is -0.444. The SMILES string of the molecule is Cc1cc([N+](=O)[O-])ccc1-c1ccc(/C=N/NC(=O)c2cncc(Br)c2)o1. The fourth-order valence-electron chi connectivity index (χ4n) is 2.36. The fraction of sp³-hybridized carbons (Fsp3) is 0.0556. The third-order valence-corrected chi connectivity index (χ3v) is 4.07. The molecule has 2 aromatic heterocycles. The molecule has 0 radical (unpaired) electrons. The summed E-state index contributed by atoms with van der Waals surface area (Å²) in [5, 5.41) is 14.7. The van der Waals surface area contributed by atoms with Crippen LogP contribution in [0.15, 0.2) is 62.8 Å². The van der Waals surface area contributed by atoms with Crippen LogP contribution in [0.3, 0.4) is 0 Å². The molecule has 3 rings (SSSR count). The number of benzene rings is 1. The Hall–Kier alpha value is -3.33. The Morgan fingerprint density at radius 1 is 1.30 bits per heavy atom. The first kappa shape index (κ1) is 18.5. The number of halogens is 1. The maximum atomic E-state index is 12.0. The van der Waals surface area contributed by atoms with Crippen LogP contribution in [0.5, 0.6) is 0 Å². The number of nitro groups is 1. The quantitative estimate of drug-likeness (QED) is 0.373. The van der Waals surface area contributed by atoms with Crippen LogP contribution in [0.1, 0.15) is 21.7 Å². The number of nitrogens with one attached hydrogen (secondary N) is 1. The van der Waals surface area contributed by atoms with Crippen molar-refractivity contribution in [3.8, 4) is 11.3 Å².